The minimum atomic E-state index is -0.460. The van der Waals surface area contributed by atoms with Gasteiger partial charge in [0.2, 0.25) is 5.91 Å². The third-order valence-corrected chi connectivity index (χ3v) is 3.73. The van der Waals surface area contributed by atoms with E-state index in [1.807, 2.05) is 47.5 Å². The van der Waals surface area contributed by atoms with E-state index in [1.165, 1.54) is 11.3 Å². The van der Waals surface area contributed by atoms with Crippen LogP contribution in [0.15, 0.2) is 41.9 Å². The number of anilines is 2. The normalized spacial score (nSPS) is 11.9. The molecule has 1 aromatic carbocycles. The molecule has 0 saturated carbocycles. The number of carbonyl (C=O) groups is 1. The number of amides is 1. The molecule has 0 spiro atoms. The number of para-hydroxylation sites is 1. The van der Waals surface area contributed by atoms with E-state index in [-0.39, 0.29) is 12.5 Å². The van der Waals surface area contributed by atoms with Crippen molar-refractivity contribution in [2.45, 2.75) is 19.4 Å². The van der Waals surface area contributed by atoms with Crippen LogP contribution in [-0.2, 0) is 4.79 Å². The van der Waals surface area contributed by atoms with Crippen LogP contribution in [0, 0.1) is 0 Å². The molecule has 5 nitrogen and oxygen atoms in total. The summed E-state index contributed by atoms with van der Waals surface area (Å²) in [7, 11) is 0. The van der Waals surface area contributed by atoms with Crippen molar-refractivity contribution < 1.29 is 9.90 Å². The topological polar surface area (TPSA) is 65.5 Å². The van der Waals surface area contributed by atoms with Gasteiger partial charge in [-0.15, -0.1) is 11.3 Å². The fourth-order valence-corrected chi connectivity index (χ4v) is 2.45. The number of hydrogen-bond acceptors (Lipinski definition) is 5. The Morgan fingerprint density at radius 2 is 2.19 bits per heavy atom. The van der Waals surface area contributed by atoms with E-state index in [0.29, 0.717) is 18.1 Å². The number of nitrogens with one attached hydrogen (secondary N) is 1. The van der Waals surface area contributed by atoms with E-state index in [1.54, 1.807) is 6.20 Å². The quantitative estimate of drug-likeness (QED) is 0.824. The van der Waals surface area contributed by atoms with Crippen LogP contribution in [0.2, 0.25) is 0 Å². The Hall–Kier alpha value is -1.92. The highest BCUT2D eigenvalue weighted by Gasteiger charge is 2.15. The Labute approximate surface area is 128 Å². The molecular formula is C15H19N3O2S. The van der Waals surface area contributed by atoms with Crippen molar-refractivity contribution in [3.05, 3.63) is 41.9 Å². The maximum Gasteiger partial charge on any atom is 0.245 e. The molecule has 0 radical (unpaired) electrons. The second-order valence-electron chi connectivity index (χ2n) is 4.66. The molecule has 0 aliphatic carbocycles. The Bertz CT molecular complexity index is 545. The highest BCUT2D eigenvalue weighted by Crippen LogP contribution is 2.15. The number of carbonyl (C=O) groups excluding carboxylic acids is 1. The van der Waals surface area contributed by atoms with Gasteiger partial charge in [-0.25, -0.2) is 4.98 Å². The molecule has 21 heavy (non-hydrogen) atoms. The predicted molar refractivity (Wildman–Crippen MR) is 85.7 cm³/mol. The third kappa shape index (κ3) is 4.84. The van der Waals surface area contributed by atoms with Gasteiger partial charge < -0.3 is 15.3 Å². The molecule has 6 heteroatoms. The van der Waals surface area contributed by atoms with E-state index in [4.69, 9.17) is 0 Å². The summed E-state index contributed by atoms with van der Waals surface area (Å²) in [5, 5.41) is 15.0. The maximum atomic E-state index is 12.1. The second kappa shape index (κ2) is 7.75. The highest BCUT2D eigenvalue weighted by molar-refractivity contribution is 7.13. The average molecular weight is 305 g/mol. The Morgan fingerprint density at radius 3 is 2.81 bits per heavy atom. The molecule has 2 N–H and O–H groups in total. The van der Waals surface area contributed by atoms with Crippen LogP contribution >= 0.6 is 11.3 Å². The first-order chi connectivity index (χ1) is 10.2. The van der Waals surface area contributed by atoms with Crippen molar-refractivity contribution in [1.82, 2.24) is 4.98 Å². The summed E-state index contributed by atoms with van der Waals surface area (Å²) >= 11 is 1.38. The summed E-state index contributed by atoms with van der Waals surface area (Å²) in [6.07, 6.45) is 1.84. The molecule has 1 unspecified atom stereocenters. The Morgan fingerprint density at radius 1 is 1.43 bits per heavy atom. The smallest absolute Gasteiger partial charge is 0.245 e. The zero-order chi connectivity index (χ0) is 15.1. The lowest BCUT2D eigenvalue weighted by Crippen LogP contribution is -2.38. The van der Waals surface area contributed by atoms with Crippen molar-refractivity contribution in [1.29, 1.82) is 0 Å². The maximum absolute atomic E-state index is 12.1. The molecule has 2 rings (SSSR count). The summed E-state index contributed by atoms with van der Waals surface area (Å²) < 4.78 is 0. The molecule has 0 aliphatic heterocycles. The highest BCUT2D eigenvalue weighted by atomic mass is 32.1. The fraction of sp³-hybridized carbons (Fsp3) is 0.333. The van der Waals surface area contributed by atoms with Crippen molar-refractivity contribution in [2.24, 2.45) is 0 Å². The average Bonchev–Trinajstić information content (AvgIpc) is 3.00. The summed E-state index contributed by atoms with van der Waals surface area (Å²) in [6, 6.07) is 9.62. The first-order valence-electron chi connectivity index (χ1n) is 6.86. The van der Waals surface area contributed by atoms with Crippen molar-refractivity contribution in [2.75, 3.05) is 23.3 Å². The molecule has 1 atom stereocenters. The molecular weight excluding hydrogens is 286 g/mol. The number of benzene rings is 1. The molecule has 1 aromatic heterocycles. The van der Waals surface area contributed by atoms with Gasteiger partial charge in [-0.3, -0.25) is 4.79 Å². The van der Waals surface area contributed by atoms with Gasteiger partial charge in [0.15, 0.2) is 5.13 Å². The largest absolute Gasteiger partial charge is 0.391 e. The van der Waals surface area contributed by atoms with Gasteiger partial charge in [-0.1, -0.05) is 25.1 Å². The van der Waals surface area contributed by atoms with Crippen LogP contribution in [0.25, 0.3) is 0 Å². The van der Waals surface area contributed by atoms with Crippen LogP contribution in [0.3, 0.4) is 0 Å². The Balaban J connectivity index is 2.03. The van der Waals surface area contributed by atoms with Crippen LogP contribution in [0.1, 0.15) is 13.3 Å². The molecule has 0 aliphatic rings. The van der Waals surface area contributed by atoms with Gasteiger partial charge in [0.1, 0.15) is 0 Å². The standard InChI is InChI=1S/C15H19N3O2S/c1-2-13(19)10-18(12-6-4-3-5-7-12)11-14(20)17-15-16-8-9-21-15/h3-9,13,19H,2,10-11H2,1H3,(H,16,17,20). The van der Waals surface area contributed by atoms with Crippen LogP contribution in [-0.4, -0.2) is 35.2 Å². The second-order valence-corrected chi connectivity index (χ2v) is 5.56. The van der Waals surface area contributed by atoms with E-state index in [0.717, 1.165) is 5.69 Å². The molecule has 2 aromatic rings. The SMILES string of the molecule is CCC(O)CN(CC(=O)Nc1nccs1)c1ccccc1. The van der Waals surface area contributed by atoms with Gasteiger partial charge in [0.05, 0.1) is 12.6 Å². The molecule has 1 amide bonds. The number of aliphatic hydroxyl groups is 1. The predicted octanol–water partition coefficient (Wildman–Crippen LogP) is 2.36. The number of aliphatic hydroxyl groups excluding tert-OH is 1. The van der Waals surface area contributed by atoms with Crippen LogP contribution in [0.4, 0.5) is 10.8 Å². The van der Waals surface area contributed by atoms with Crippen molar-refractivity contribution >= 4 is 28.1 Å². The Kier molecular flexibility index (Phi) is 5.71. The monoisotopic (exact) mass is 305 g/mol. The van der Waals surface area contributed by atoms with Crippen molar-refractivity contribution in [3.63, 3.8) is 0 Å². The van der Waals surface area contributed by atoms with Gasteiger partial charge in [-0.05, 0) is 18.6 Å². The summed E-state index contributed by atoms with van der Waals surface area (Å²) in [4.78, 5) is 18.0. The first kappa shape index (κ1) is 15.5. The van der Waals surface area contributed by atoms with Crippen LogP contribution in [0.5, 0.6) is 0 Å². The molecule has 0 bridgehead atoms. The number of nitrogens with zero attached hydrogens (tertiary/aromatic N) is 2. The van der Waals surface area contributed by atoms with Gasteiger partial charge >= 0.3 is 0 Å². The van der Waals surface area contributed by atoms with E-state index >= 15 is 0 Å². The number of thiazole rings is 1. The molecule has 0 saturated heterocycles. The van der Waals surface area contributed by atoms with E-state index < -0.39 is 6.10 Å². The van der Waals surface area contributed by atoms with Gasteiger partial charge in [0, 0.05) is 23.8 Å². The van der Waals surface area contributed by atoms with Gasteiger partial charge in [0.25, 0.3) is 0 Å². The van der Waals surface area contributed by atoms with E-state index in [2.05, 4.69) is 10.3 Å². The lowest BCUT2D eigenvalue weighted by atomic mass is 10.2. The number of hydrogen-bond donors (Lipinski definition) is 2. The minimum absolute atomic E-state index is 0.142. The zero-order valence-corrected chi connectivity index (χ0v) is 12.7. The molecule has 112 valence electrons. The molecule has 1 heterocycles. The van der Waals surface area contributed by atoms with Crippen molar-refractivity contribution in [3.8, 4) is 0 Å². The number of aromatic nitrogens is 1. The summed E-state index contributed by atoms with van der Waals surface area (Å²) in [5.41, 5.74) is 0.916. The summed E-state index contributed by atoms with van der Waals surface area (Å²) in [6.45, 7) is 2.52. The molecule has 0 fully saturated rings. The first-order valence-corrected chi connectivity index (χ1v) is 7.74. The van der Waals surface area contributed by atoms with E-state index in [9.17, 15) is 9.90 Å². The fourth-order valence-electron chi connectivity index (χ4n) is 1.90. The summed E-state index contributed by atoms with van der Waals surface area (Å²) in [5.74, 6) is -0.142. The lowest BCUT2D eigenvalue weighted by Gasteiger charge is -2.26. The van der Waals surface area contributed by atoms with Gasteiger partial charge in [-0.2, -0.15) is 0 Å². The lowest BCUT2D eigenvalue weighted by molar-refractivity contribution is -0.115. The zero-order valence-electron chi connectivity index (χ0n) is 11.9. The van der Waals surface area contributed by atoms with Crippen LogP contribution < -0.4 is 10.2 Å². The minimum Gasteiger partial charge on any atom is -0.391 e. The third-order valence-electron chi connectivity index (χ3n) is 3.04. The number of rotatable bonds is 7.